The first-order valence-corrected chi connectivity index (χ1v) is 5.45. The Labute approximate surface area is 95.1 Å². The molecule has 0 saturated carbocycles. The van der Waals surface area contributed by atoms with Gasteiger partial charge in [0.15, 0.2) is 0 Å². The summed E-state index contributed by atoms with van der Waals surface area (Å²) >= 11 is 0. The molecule has 0 unspecified atom stereocenters. The molecule has 0 atom stereocenters. The van der Waals surface area contributed by atoms with Crippen LogP contribution < -0.4 is 5.32 Å². The van der Waals surface area contributed by atoms with Crippen LogP contribution in [0, 0.1) is 6.92 Å². The molecule has 0 aliphatic heterocycles. The molecule has 4 nitrogen and oxygen atoms in total. The number of rotatable bonds is 5. The van der Waals surface area contributed by atoms with E-state index in [-0.39, 0.29) is 0 Å². The Hall–Kier alpha value is -1.68. The van der Waals surface area contributed by atoms with Gasteiger partial charge in [-0.25, -0.2) is 0 Å². The first-order chi connectivity index (χ1) is 7.86. The molecular formula is C12H16N4. The lowest BCUT2D eigenvalue weighted by molar-refractivity contribution is 0.684. The third-order valence-corrected chi connectivity index (χ3v) is 2.59. The molecule has 0 aliphatic carbocycles. The van der Waals surface area contributed by atoms with Crippen molar-refractivity contribution in [2.75, 3.05) is 6.54 Å². The van der Waals surface area contributed by atoms with Crippen LogP contribution in [0.3, 0.4) is 0 Å². The van der Waals surface area contributed by atoms with Crippen molar-refractivity contribution >= 4 is 0 Å². The van der Waals surface area contributed by atoms with Gasteiger partial charge in [-0.3, -0.25) is 10.1 Å². The number of nitrogens with zero attached hydrogens (tertiary/aromatic N) is 2. The Morgan fingerprint density at radius 1 is 1.31 bits per heavy atom. The quantitative estimate of drug-likeness (QED) is 0.744. The van der Waals surface area contributed by atoms with Gasteiger partial charge < -0.3 is 5.32 Å². The van der Waals surface area contributed by atoms with Gasteiger partial charge in [-0.15, -0.1) is 0 Å². The predicted octanol–water partition coefficient (Wildman–Crippen LogP) is 1.45. The zero-order valence-corrected chi connectivity index (χ0v) is 9.40. The number of hydrogen-bond donors (Lipinski definition) is 2. The van der Waals surface area contributed by atoms with Crippen LogP contribution in [0.15, 0.2) is 30.7 Å². The van der Waals surface area contributed by atoms with E-state index in [0.29, 0.717) is 0 Å². The maximum atomic E-state index is 3.99. The molecule has 0 saturated heterocycles. The van der Waals surface area contributed by atoms with Crippen molar-refractivity contribution in [3.8, 4) is 0 Å². The van der Waals surface area contributed by atoms with Crippen LogP contribution in [0.5, 0.6) is 0 Å². The fraction of sp³-hybridized carbons (Fsp3) is 0.333. The van der Waals surface area contributed by atoms with E-state index in [1.807, 2.05) is 37.6 Å². The monoisotopic (exact) mass is 216 g/mol. The van der Waals surface area contributed by atoms with Gasteiger partial charge in [0, 0.05) is 30.2 Å². The number of hydrogen-bond acceptors (Lipinski definition) is 3. The molecule has 0 fully saturated rings. The molecule has 0 bridgehead atoms. The van der Waals surface area contributed by atoms with E-state index in [9.17, 15) is 0 Å². The molecule has 84 valence electrons. The highest BCUT2D eigenvalue weighted by Crippen LogP contribution is 2.01. The molecule has 4 heteroatoms. The van der Waals surface area contributed by atoms with Gasteiger partial charge >= 0.3 is 0 Å². The Morgan fingerprint density at radius 3 is 2.81 bits per heavy atom. The predicted molar refractivity (Wildman–Crippen MR) is 63.0 cm³/mol. The SMILES string of the molecule is Cc1[nH]ncc1CNCCc1ccncc1. The minimum atomic E-state index is 0.868. The lowest BCUT2D eigenvalue weighted by Gasteiger charge is -2.03. The van der Waals surface area contributed by atoms with Crippen molar-refractivity contribution in [2.45, 2.75) is 19.9 Å². The summed E-state index contributed by atoms with van der Waals surface area (Å²) in [7, 11) is 0. The average Bonchev–Trinajstić information content (AvgIpc) is 2.72. The highest BCUT2D eigenvalue weighted by Gasteiger charge is 1.98. The third kappa shape index (κ3) is 2.90. The summed E-state index contributed by atoms with van der Waals surface area (Å²) in [5, 5.41) is 10.3. The van der Waals surface area contributed by atoms with E-state index < -0.39 is 0 Å². The van der Waals surface area contributed by atoms with E-state index in [1.165, 1.54) is 11.1 Å². The lowest BCUT2D eigenvalue weighted by atomic mass is 10.2. The molecule has 0 radical (unpaired) electrons. The normalized spacial score (nSPS) is 10.6. The van der Waals surface area contributed by atoms with Crippen LogP contribution in [0.1, 0.15) is 16.8 Å². The molecule has 0 spiro atoms. The maximum Gasteiger partial charge on any atom is 0.0535 e. The largest absolute Gasteiger partial charge is 0.312 e. The number of aromatic nitrogens is 3. The van der Waals surface area contributed by atoms with Crippen LogP contribution in [-0.4, -0.2) is 21.7 Å². The number of H-pyrrole nitrogens is 1. The third-order valence-electron chi connectivity index (χ3n) is 2.59. The molecule has 0 aliphatic rings. The van der Waals surface area contributed by atoms with Crippen LogP contribution >= 0.6 is 0 Å². The molecule has 0 amide bonds. The molecular weight excluding hydrogens is 200 g/mol. The molecule has 2 rings (SSSR count). The van der Waals surface area contributed by atoms with E-state index in [4.69, 9.17) is 0 Å². The van der Waals surface area contributed by atoms with Crippen molar-refractivity contribution in [1.82, 2.24) is 20.5 Å². The molecule has 2 N–H and O–H groups in total. The zero-order chi connectivity index (χ0) is 11.2. The fourth-order valence-electron chi connectivity index (χ4n) is 1.56. The Balaban J connectivity index is 1.72. The molecule has 2 heterocycles. The number of pyridine rings is 1. The van der Waals surface area contributed by atoms with Crippen molar-refractivity contribution in [1.29, 1.82) is 0 Å². The van der Waals surface area contributed by atoms with E-state index in [0.717, 1.165) is 25.2 Å². The smallest absolute Gasteiger partial charge is 0.0535 e. The minimum Gasteiger partial charge on any atom is -0.312 e. The summed E-state index contributed by atoms with van der Waals surface area (Å²) in [4.78, 5) is 3.99. The van der Waals surface area contributed by atoms with Gasteiger partial charge in [0.1, 0.15) is 0 Å². The fourth-order valence-corrected chi connectivity index (χ4v) is 1.56. The minimum absolute atomic E-state index is 0.868. The Kier molecular flexibility index (Phi) is 3.66. The van der Waals surface area contributed by atoms with Crippen molar-refractivity contribution in [2.24, 2.45) is 0 Å². The van der Waals surface area contributed by atoms with Crippen molar-refractivity contribution in [3.05, 3.63) is 47.5 Å². The molecule has 2 aromatic rings. The van der Waals surface area contributed by atoms with Crippen molar-refractivity contribution in [3.63, 3.8) is 0 Å². The molecule has 0 aromatic carbocycles. The summed E-state index contributed by atoms with van der Waals surface area (Å²) in [6, 6.07) is 4.09. The van der Waals surface area contributed by atoms with Gasteiger partial charge in [-0.2, -0.15) is 5.10 Å². The lowest BCUT2D eigenvalue weighted by Crippen LogP contribution is -2.16. The van der Waals surface area contributed by atoms with Crippen LogP contribution in [0.2, 0.25) is 0 Å². The number of aromatic amines is 1. The van der Waals surface area contributed by atoms with Crippen LogP contribution in [0.4, 0.5) is 0 Å². The highest BCUT2D eigenvalue weighted by atomic mass is 15.1. The average molecular weight is 216 g/mol. The second-order valence-corrected chi connectivity index (χ2v) is 3.80. The topological polar surface area (TPSA) is 53.6 Å². The van der Waals surface area contributed by atoms with E-state index in [1.54, 1.807) is 0 Å². The van der Waals surface area contributed by atoms with E-state index >= 15 is 0 Å². The second kappa shape index (κ2) is 5.42. The van der Waals surface area contributed by atoms with Gasteiger partial charge in [0.05, 0.1) is 6.20 Å². The summed E-state index contributed by atoms with van der Waals surface area (Å²) in [6.45, 7) is 3.87. The highest BCUT2D eigenvalue weighted by molar-refractivity contribution is 5.14. The van der Waals surface area contributed by atoms with Gasteiger partial charge in [0.2, 0.25) is 0 Å². The van der Waals surface area contributed by atoms with Gasteiger partial charge in [-0.05, 0) is 37.6 Å². The van der Waals surface area contributed by atoms with E-state index in [2.05, 4.69) is 20.5 Å². The Bertz CT molecular complexity index is 422. The van der Waals surface area contributed by atoms with Crippen LogP contribution in [0.25, 0.3) is 0 Å². The van der Waals surface area contributed by atoms with Crippen LogP contribution in [-0.2, 0) is 13.0 Å². The second-order valence-electron chi connectivity index (χ2n) is 3.80. The first-order valence-electron chi connectivity index (χ1n) is 5.45. The Morgan fingerprint density at radius 2 is 2.12 bits per heavy atom. The zero-order valence-electron chi connectivity index (χ0n) is 9.40. The number of nitrogens with one attached hydrogen (secondary N) is 2. The van der Waals surface area contributed by atoms with Crippen molar-refractivity contribution < 1.29 is 0 Å². The summed E-state index contributed by atoms with van der Waals surface area (Å²) in [6.07, 6.45) is 6.55. The summed E-state index contributed by atoms with van der Waals surface area (Å²) < 4.78 is 0. The van der Waals surface area contributed by atoms with Gasteiger partial charge in [0.25, 0.3) is 0 Å². The summed E-state index contributed by atoms with van der Waals surface area (Å²) in [5.74, 6) is 0. The van der Waals surface area contributed by atoms with Gasteiger partial charge in [-0.1, -0.05) is 0 Å². The maximum absolute atomic E-state index is 3.99. The number of aryl methyl sites for hydroxylation is 1. The standard InChI is InChI=1S/C12H16N4/c1-10-12(9-15-16-10)8-14-7-4-11-2-5-13-6-3-11/h2-3,5-6,9,14H,4,7-8H2,1H3,(H,15,16). The first kappa shape index (κ1) is 10.8. The molecule has 2 aromatic heterocycles. The summed E-state index contributed by atoms with van der Waals surface area (Å²) in [5.41, 5.74) is 3.68. The molecule has 16 heavy (non-hydrogen) atoms.